The second kappa shape index (κ2) is 12.3. The standard InChI is InChI=1S/C25H23BrN4O5/c1-16-13-18(26)7-12-21(16)29-23(31)15-35-22-6-4-3-5-17(22)14-27-30-25(33)24(32)28-19-8-10-20(34-2)11-9-19/h3-14H,15H2,1-2H3,(H,28,32)(H,29,31)(H,30,33)/b27-14-. The van der Waals surface area contributed by atoms with E-state index in [-0.39, 0.29) is 12.5 Å². The van der Waals surface area contributed by atoms with Crippen molar-refractivity contribution < 1.29 is 23.9 Å². The second-order valence-corrected chi connectivity index (χ2v) is 8.13. The lowest BCUT2D eigenvalue weighted by Crippen LogP contribution is -2.32. The molecule has 0 aliphatic rings. The summed E-state index contributed by atoms with van der Waals surface area (Å²) in [5.74, 6) is -1.14. The number of amides is 3. The van der Waals surface area contributed by atoms with Gasteiger partial charge in [-0.1, -0.05) is 28.1 Å². The van der Waals surface area contributed by atoms with Crippen LogP contribution in [-0.2, 0) is 14.4 Å². The average Bonchev–Trinajstić information content (AvgIpc) is 2.85. The molecule has 0 saturated carbocycles. The minimum Gasteiger partial charge on any atom is -0.497 e. The number of hydrazone groups is 1. The fourth-order valence-corrected chi connectivity index (χ4v) is 3.36. The number of carbonyl (C=O) groups excluding carboxylic acids is 3. The molecule has 3 aromatic carbocycles. The normalized spacial score (nSPS) is 10.5. The van der Waals surface area contributed by atoms with Gasteiger partial charge < -0.3 is 20.1 Å². The van der Waals surface area contributed by atoms with Crippen molar-refractivity contribution in [3.05, 3.63) is 82.3 Å². The van der Waals surface area contributed by atoms with Crippen LogP contribution in [0.5, 0.6) is 11.5 Å². The third kappa shape index (κ3) is 7.68. The van der Waals surface area contributed by atoms with E-state index in [1.54, 1.807) is 54.6 Å². The maximum atomic E-state index is 12.3. The van der Waals surface area contributed by atoms with E-state index in [0.717, 1.165) is 10.0 Å². The molecule has 0 heterocycles. The molecule has 0 aromatic heterocycles. The highest BCUT2D eigenvalue weighted by atomic mass is 79.9. The third-order valence-corrected chi connectivity index (χ3v) is 5.16. The number of hydrogen-bond acceptors (Lipinski definition) is 6. The van der Waals surface area contributed by atoms with Gasteiger partial charge in [0.25, 0.3) is 5.91 Å². The van der Waals surface area contributed by atoms with E-state index in [2.05, 4.69) is 37.1 Å². The molecule has 0 atom stereocenters. The van der Waals surface area contributed by atoms with Gasteiger partial charge in [0.05, 0.1) is 13.3 Å². The first kappa shape index (κ1) is 25.4. The topological polar surface area (TPSA) is 118 Å². The van der Waals surface area contributed by atoms with Gasteiger partial charge in [-0.25, -0.2) is 5.43 Å². The highest BCUT2D eigenvalue weighted by molar-refractivity contribution is 9.10. The molecule has 3 amide bonds. The molecular formula is C25H23BrN4O5. The Morgan fingerprint density at radius 1 is 0.971 bits per heavy atom. The number of hydrogen-bond donors (Lipinski definition) is 3. The number of para-hydroxylation sites is 1. The van der Waals surface area contributed by atoms with Gasteiger partial charge in [-0.2, -0.15) is 5.10 Å². The molecule has 0 radical (unpaired) electrons. The molecule has 0 bridgehead atoms. The summed E-state index contributed by atoms with van der Waals surface area (Å²) in [7, 11) is 1.53. The highest BCUT2D eigenvalue weighted by Crippen LogP contribution is 2.20. The maximum absolute atomic E-state index is 12.3. The first-order chi connectivity index (χ1) is 16.9. The van der Waals surface area contributed by atoms with Crippen molar-refractivity contribution in [1.29, 1.82) is 0 Å². The molecule has 0 fully saturated rings. The smallest absolute Gasteiger partial charge is 0.329 e. The summed E-state index contributed by atoms with van der Waals surface area (Å²) in [5, 5.41) is 9.07. The minimum atomic E-state index is -0.945. The Morgan fingerprint density at radius 3 is 2.43 bits per heavy atom. The number of rotatable bonds is 8. The Morgan fingerprint density at radius 2 is 1.71 bits per heavy atom. The molecular weight excluding hydrogens is 516 g/mol. The molecule has 35 heavy (non-hydrogen) atoms. The number of anilines is 2. The van der Waals surface area contributed by atoms with Crippen molar-refractivity contribution in [2.45, 2.75) is 6.92 Å². The van der Waals surface area contributed by atoms with Crippen LogP contribution in [0, 0.1) is 6.92 Å². The molecule has 3 aromatic rings. The van der Waals surface area contributed by atoms with Crippen LogP contribution < -0.4 is 25.5 Å². The molecule has 9 nitrogen and oxygen atoms in total. The van der Waals surface area contributed by atoms with E-state index in [1.807, 2.05) is 19.1 Å². The number of carbonyl (C=O) groups is 3. The lowest BCUT2D eigenvalue weighted by atomic mass is 10.2. The Kier molecular flexibility index (Phi) is 8.96. The van der Waals surface area contributed by atoms with E-state index >= 15 is 0 Å². The van der Waals surface area contributed by atoms with Crippen LogP contribution in [0.3, 0.4) is 0 Å². The van der Waals surface area contributed by atoms with Gasteiger partial charge in [-0.05, 0) is 67.1 Å². The lowest BCUT2D eigenvalue weighted by molar-refractivity contribution is -0.136. The lowest BCUT2D eigenvalue weighted by Gasteiger charge is -2.11. The van der Waals surface area contributed by atoms with E-state index in [1.165, 1.54) is 13.3 Å². The fraction of sp³-hybridized carbons (Fsp3) is 0.120. The molecule has 0 spiro atoms. The zero-order valence-electron chi connectivity index (χ0n) is 19.0. The largest absolute Gasteiger partial charge is 0.497 e. The summed E-state index contributed by atoms with van der Waals surface area (Å²) >= 11 is 3.39. The van der Waals surface area contributed by atoms with E-state index in [4.69, 9.17) is 9.47 Å². The number of ether oxygens (including phenoxy) is 2. The fourth-order valence-electron chi connectivity index (χ4n) is 2.89. The van der Waals surface area contributed by atoms with Crippen molar-refractivity contribution in [3.63, 3.8) is 0 Å². The van der Waals surface area contributed by atoms with Crippen LogP contribution in [0.1, 0.15) is 11.1 Å². The summed E-state index contributed by atoms with van der Waals surface area (Å²) in [6, 6.07) is 18.9. The van der Waals surface area contributed by atoms with Crippen molar-refractivity contribution in [3.8, 4) is 11.5 Å². The van der Waals surface area contributed by atoms with Crippen LogP contribution >= 0.6 is 15.9 Å². The number of nitrogens with one attached hydrogen (secondary N) is 3. The zero-order chi connectivity index (χ0) is 25.2. The van der Waals surface area contributed by atoms with Crippen LogP contribution in [0.25, 0.3) is 0 Å². The van der Waals surface area contributed by atoms with E-state index in [9.17, 15) is 14.4 Å². The van der Waals surface area contributed by atoms with Gasteiger partial charge in [0.15, 0.2) is 6.61 Å². The van der Waals surface area contributed by atoms with Gasteiger partial charge >= 0.3 is 11.8 Å². The van der Waals surface area contributed by atoms with Crippen LogP contribution in [0.15, 0.2) is 76.3 Å². The van der Waals surface area contributed by atoms with Gasteiger partial charge in [0.1, 0.15) is 11.5 Å². The second-order valence-electron chi connectivity index (χ2n) is 7.22. The number of halogens is 1. The molecule has 3 N–H and O–H groups in total. The monoisotopic (exact) mass is 538 g/mol. The average molecular weight is 539 g/mol. The van der Waals surface area contributed by atoms with Crippen molar-refractivity contribution in [2.24, 2.45) is 5.10 Å². The van der Waals surface area contributed by atoms with Crippen LogP contribution in [-0.4, -0.2) is 37.7 Å². The molecule has 0 saturated heterocycles. The number of methoxy groups -OCH3 is 1. The molecule has 3 rings (SSSR count). The first-order valence-corrected chi connectivity index (χ1v) is 11.2. The van der Waals surface area contributed by atoms with Crippen molar-refractivity contribution >= 4 is 51.2 Å². The number of nitrogens with zero attached hydrogens (tertiary/aromatic N) is 1. The summed E-state index contributed by atoms with van der Waals surface area (Å²) in [4.78, 5) is 36.4. The Bertz CT molecular complexity index is 1240. The molecule has 10 heteroatoms. The highest BCUT2D eigenvalue weighted by Gasteiger charge is 2.13. The summed E-state index contributed by atoms with van der Waals surface area (Å²) in [6.45, 7) is 1.66. The Balaban J connectivity index is 1.53. The minimum absolute atomic E-state index is 0.225. The Hall–Kier alpha value is -4.18. The molecule has 180 valence electrons. The van der Waals surface area contributed by atoms with E-state index < -0.39 is 11.8 Å². The number of aryl methyl sites for hydroxylation is 1. The van der Waals surface area contributed by atoms with Crippen LogP contribution in [0.2, 0.25) is 0 Å². The summed E-state index contributed by atoms with van der Waals surface area (Å²) in [6.07, 6.45) is 1.32. The first-order valence-electron chi connectivity index (χ1n) is 10.4. The summed E-state index contributed by atoms with van der Waals surface area (Å²) < 4.78 is 11.6. The van der Waals surface area contributed by atoms with Crippen molar-refractivity contribution in [2.75, 3.05) is 24.4 Å². The predicted molar refractivity (Wildman–Crippen MR) is 137 cm³/mol. The maximum Gasteiger partial charge on any atom is 0.329 e. The predicted octanol–water partition coefficient (Wildman–Crippen LogP) is 3.87. The van der Waals surface area contributed by atoms with Gasteiger partial charge in [-0.3, -0.25) is 14.4 Å². The van der Waals surface area contributed by atoms with Gasteiger partial charge in [0, 0.05) is 21.4 Å². The Labute approximate surface area is 210 Å². The molecule has 0 unspecified atom stereocenters. The van der Waals surface area contributed by atoms with Gasteiger partial charge in [-0.15, -0.1) is 0 Å². The quantitative estimate of drug-likeness (QED) is 0.228. The zero-order valence-corrected chi connectivity index (χ0v) is 20.6. The van der Waals surface area contributed by atoms with E-state index in [0.29, 0.717) is 28.4 Å². The molecule has 0 aliphatic heterocycles. The summed E-state index contributed by atoms with van der Waals surface area (Å²) in [5.41, 5.74) is 4.71. The van der Waals surface area contributed by atoms with Gasteiger partial charge in [0.2, 0.25) is 0 Å². The third-order valence-electron chi connectivity index (χ3n) is 4.66. The van der Waals surface area contributed by atoms with Crippen molar-refractivity contribution in [1.82, 2.24) is 5.43 Å². The SMILES string of the molecule is COc1ccc(NC(=O)C(=O)N/N=C\c2ccccc2OCC(=O)Nc2ccc(Br)cc2C)cc1. The molecule has 0 aliphatic carbocycles. The number of benzene rings is 3. The van der Waals surface area contributed by atoms with Crippen LogP contribution in [0.4, 0.5) is 11.4 Å².